The Morgan fingerprint density at radius 2 is 1.82 bits per heavy atom. The molecule has 1 unspecified atom stereocenters. The van der Waals surface area contributed by atoms with Crippen LogP contribution in [0.15, 0.2) is 0 Å². The summed E-state index contributed by atoms with van der Waals surface area (Å²) in [5, 5.41) is 42.2. The third-order valence-corrected chi connectivity index (χ3v) is 5.08. The average molecular weight is 478 g/mol. The molecule has 14 nitrogen and oxygen atoms in total. The first kappa shape index (κ1) is 28.7. The lowest BCUT2D eigenvalue weighted by atomic mass is 9.96. The largest absolute Gasteiger partial charge is 0.480 e. The van der Waals surface area contributed by atoms with Gasteiger partial charge in [0.1, 0.15) is 30.4 Å². The summed E-state index contributed by atoms with van der Waals surface area (Å²) in [5.74, 6) is -3.40. The van der Waals surface area contributed by atoms with E-state index in [1.165, 1.54) is 20.8 Å². The van der Waals surface area contributed by atoms with Gasteiger partial charge in [-0.3, -0.25) is 14.4 Å². The number of primary amides is 1. The molecule has 0 spiro atoms. The van der Waals surface area contributed by atoms with Crippen LogP contribution >= 0.6 is 0 Å². The zero-order valence-corrected chi connectivity index (χ0v) is 18.8. The maximum Gasteiger partial charge on any atom is 0.326 e. The molecular weight excluding hydrogens is 444 g/mol. The highest BCUT2D eigenvalue weighted by atomic mass is 16.6. The number of carbonyl (C=O) groups excluding carboxylic acids is 3. The van der Waals surface area contributed by atoms with Crippen molar-refractivity contribution in [3.63, 3.8) is 0 Å². The second kappa shape index (κ2) is 12.8. The first-order valence-electron chi connectivity index (χ1n) is 10.4. The molecular formula is C19H34N4O10. The summed E-state index contributed by atoms with van der Waals surface area (Å²) < 4.78 is 10.9. The highest BCUT2D eigenvalue weighted by molar-refractivity contribution is 5.87. The van der Waals surface area contributed by atoms with Gasteiger partial charge in [-0.25, -0.2) is 4.79 Å². The summed E-state index contributed by atoms with van der Waals surface area (Å²) in [7, 11) is 0. The van der Waals surface area contributed by atoms with E-state index in [-0.39, 0.29) is 19.4 Å². The van der Waals surface area contributed by atoms with Crippen LogP contribution in [0.3, 0.4) is 0 Å². The highest BCUT2D eigenvalue weighted by Gasteiger charge is 2.46. The van der Waals surface area contributed by atoms with E-state index in [0.29, 0.717) is 0 Å². The highest BCUT2D eigenvalue weighted by Crippen LogP contribution is 2.24. The monoisotopic (exact) mass is 478 g/mol. The number of amides is 3. The number of rotatable bonds is 12. The summed E-state index contributed by atoms with van der Waals surface area (Å²) in [6, 6.07) is -3.71. The molecule has 1 rings (SSSR count). The van der Waals surface area contributed by atoms with Crippen LogP contribution in [0.2, 0.25) is 0 Å². The van der Waals surface area contributed by atoms with Crippen molar-refractivity contribution < 1.29 is 49.1 Å². The number of nitrogens with one attached hydrogen (secondary N) is 1. The van der Waals surface area contributed by atoms with E-state index in [1.54, 1.807) is 0 Å². The normalized spacial score (nSPS) is 27.8. The van der Waals surface area contributed by atoms with Gasteiger partial charge in [0, 0.05) is 19.9 Å². The number of carboxylic acids is 1. The Morgan fingerprint density at radius 1 is 1.21 bits per heavy atom. The van der Waals surface area contributed by atoms with Crippen LogP contribution in [-0.2, 0) is 28.7 Å². The van der Waals surface area contributed by atoms with Crippen molar-refractivity contribution in [2.45, 2.75) is 82.4 Å². The van der Waals surface area contributed by atoms with E-state index < -0.39 is 79.1 Å². The van der Waals surface area contributed by atoms with Crippen LogP contribution in [0.1, 0.15) is 33.6 Å². The fourth-order valence-corrected chi connectivity index (χ4v) is 3.55. The molecule has 0 bridgehead atoms. The predicted octanol–water partition coefficient (Wildman–Crippen LogP) is -3.77. The number of hydrogen-bond donors (Lipinski definition) is 7. The number of aliphatic hydroxyl groups is 3. The fourth-order valence-electron chi connectivity index (χ4n) is 3.55. The molecule has 1 saturated heterocycles. The minimum atomic E-state index is -1.62. The van der Waals surface area contributed by atoms with Gasteiger partial charge >= 0.3 is 5.97 Å². The van der Waals surface area contributed by atoms with Crippen molar-refractivity contribution >= 4 is 23.7 Å². The van der Waals surface area contributed by atoms with Gasteiger partial charge in [0.2, 0.25) is 17.7 Å². The number of aliphatic carboxylic acids is 1. The molecule has 14 heteroatoms. The van der Waals surface area contributed by atoms with E-state index in [1.807, 2.05) is 0 Å². The van der Waals surface area contributed by atoms with Gasteiger partial charge in [-0.05, 0) is 20.3 Å². The van der Waals surface area contributed by atoms with Crippen molar-refractivity contribution in [1.29, 1.82) is 0 Å². The van der Waals surface area contributed by atoms with Crippen LogP contribution in [0, 0.1) is 0 Å². The minimum absolute atomic E-state index is 0.254. The Bertz CT molecular complexity index is 706. The quantitative estimate of drug-likeness (QED) is 0.144. The molecule has 1 fully saturated rings. The SMILES string of the molecule is CC(=O)N[C@@H]1[C@@H](OC(C)CN(C(=O)[C@H](C)N)[C@H](CCC(N)=O)C(=O)O)[C@H](O)[C@@H](CO)O[C@@H]1O. The lowest BCUT2D eigenvalue weighted by molar-refractivity contribution is -0.268. The topological polar surface area (TPSA) is 235 Å². The molecule has 3 amide bonds. The summed E-state index contributed by atoms with van der Waals surface area (Å²) in [4.78, 5) is 48.1. The number of hydrogen-bond acceptors (Lipinski definition) is 10. The van der Waals surface area contributed by atoms with Crippen molar-refractivity contribution in [3.8, 4) is 0 Å². The Balaban J connectivity index is 3.13. The van der Waals surface area contributed by atoms with Crippen LogP contribution < -0.4 is 16.8 Å². The van der Waals surface area contributed by atoms with E-state index in [4.69, 9.17) is 20.9 Å². The molecule has 0 radical (unpaired) electrons. The number of ether oxygens (including phenoxy) is 2. The van der Waals surface area contributed by atoms with Crippen molar-refractivity contribution in [2.24, 2.45) is 11.5 Å². The fraction of sp³-hybridized carbons (Fsp3) is 0.789. The third kappa shape index (κ3) is 8.17. The van der Waals surface area contributed by atoms with Gasteiger partial charge in [0.25, 0.3) is 0 Å². The molecule has 1 aliphatic heterocycles. The van der Waals surface area contributed by atoms with E-state index in [2.05, 4.69) is 5.32 Å². The molecule has 0 saturated carbocycles. The van der Waals surface area contributed by atoms with Crippen molar-refractivity contribution in [1.82, 2.24) is 10.2 Å². The van der Waals surface area contributed by atoms with Crippen molar-refractivity contribution in [3.05, 3.63) is 0 Å². The minimum Gasteiger partial charge on any atom is -0.480 e. The predicted molar refractivity (Wildman–Crippen MR) is 111 cm³/mol. The van der Waals surface area contributed by atoms with Gasteiger partial charge in [0.05, 0.1) is 18.8 Å². The molecule has 8 atom stereocenters. The van der Waals surface area contributed by atoms with Crippen molar-refractivity contribution in [2.75, 3.05) is 13.2 Å². The van der Waals surface area contributed by atoms with Gasteiger partial charge in [-0.2, -0.15) is 0 Å². The first-order chi connectivity index (χ1) is 15.3. The second-order valence-corrected chi connectivity index (χ2v) is 8.01. The van der Waals surface area contributed by atoms with E-state index in [9.17, 15) is 39.6 Å². The Morgan fingerprint density at radius 3 is 2.27 bits per heavy atom. The first-order valence-corrected chi connectivity index (χ1v) is 10.4. The zero-order chi connectivity index (χ0) is 25.5. The van der Waals surface area contributed by atoms with Gasteiger partial charge in [-0.15, -0.1) is 0 Å². The Hall–Kier alpha value is -2.36. The average Bonchev–Trinajstić information content (AvgIpc) is 2.70. The smallest absolute Gasteiger partial charge is 0.326 e. The number of nitrogens with zero attached hydrogens (tertiary/aromatic N) is 1. The molecule has 1 heterocycles. The molecule has 33 heavy (non-hydrogen) atoms. The molecule has 0 aliphatic carbocycles. The standard InChI is InChI=1S/C19H34N4O10/c1-8(6-23(17(28)9(2)20)11(18(29)30)4-5-13(21)26)32-16-14(22-10(3)25)19(31)33-12(7-24)15(16)27/h8-9,11-12,14-16,19,24,27,31H,4-7,20H2,1-3H3,(H2,21,26)(H,22,25)(H,29,30)/t8?,9-,11+,12+,14+,15+,16+,19-/m0/s1. The molecule has 1 aliphatic rings. The van der Waals surface area contributed by atoms with E-state index in [0.717, 1.165) is 4.90 Å². The van der Waals surface area contributed by atoms with Crippen LogP contribution in [0.4, 0.5) is 0 Å². The molecule has 0 aromatic heterocycles. The summed E-state index contributed by atoms with van der Waals surface area (Å²) >= 11 is 0. The third-order valence-electron chi connectivity index (χ3n) is 5.08. The lowest BCUT2D eigenvalue weighted by Gasteiger charge is -2.44. The van der Waals surface area contributed by atoms with Gasteiger partial charge < -0.3 is 51.6 Å². The number of carboxylic acid groups (broad SMARTS) is 1. The number of nitrogens with two attached hydrogens (primary N) is 2. The Labute approximate surface area is 190 Å². The van der Waals surface area contributed by atoms with Gasteiger partial charge in [-0.1, -0.05) is 0 Å². The second-order valence-electron chi connectivity index (χ2n) is 8.01. The number of carbonyl (C=O) groups is 4. The maximum absolute atomic E-state index is 12.7. The summed E-state index contributed by atoms with van der Waals surface area (Å²) in [6.45, 7) is 3.06. The number of aliphatic hydroxyl groups excluding tert-OH is 3. The van der Waals surface area contributed by atoms with Gasteiger partial charge in [0.15, 0.2) is 6.29 Å². The van der Waals surface area contributed by atoms with Crippen LogP contribution in [0.5, 0.6) is 0 Å². The summed E-state index contributed by atoms with van der Waals surface area (Å²) in [5.41, 5.74) is 10.8. The Kier molecular flexibility index (Phi) is 11.1. The van der Waals surface area contributed by atoms with Crippen LogP contribution in [0.25, 0.3) is 0 Å². The molecule has 190 valence electrons. The zero-order valence-electron chi connectivity index (χ0n) is 18.8. The maximum atomic E-state index is 12.7. The van der Waals surface area contributed by atoms with Crippen LogP contribution in [-0.4, -0.2) is 111 Å². The lowest BCUT2D eigenvalue weighted by Crippen LogP contribution is -2.65. The molecule has 9 N–H and O–H groups in total. The molecule has 0 aromatic rings. The summed E-state index contributed by atoms with van der Waals surface area (Å²) in [6.07, 6.45) is -7.06. The molecule has 0 aromatic carbocycles. The van der Waals surface area contributed by atoms with E-state index >= 15 is 0 Å².